The molecule has 122 valence electrons. The number of hydrogen-bond donors (Lipinski definition) is 1. The van der Waals surface area contributed by atoms with E-state index in [-0.39, 0.29) is 0 Å². The standard InChI is InChI=1S/C19H24N2O2/c1-15-3-7-18(8-4-15)23-14-19(22)9-10-21(13-19)12-17-6-5-16(2)20-11-17/h3-8,11,22H,9-10,12-14H2,1-2H3/t19-/m0/s1. The molecule has 1 atom stereocenters. The molecule has 0 radical (unpaired) electrons. The van der Waals surface area contributed by atoms with Crippen LogP contribution in [0, 0.1) is 13.8 Å². The first-order chi connectivity index (χ1) is 11.0. The van der Waals surface area contributed by atoms with E-state index in [4.69, 9.17) is 4.74 Å². The number of aromatic nitrogens is 1. The Balaban J connectivity index is 1.53. The molecule has 0 unspecified atom stereocenters. The molecular weight excluding hydrogens is 288 g/mol. The van der Waals surface area contributed by atoms with Crippen LogP contribution in [0.1, 0.15) is 23.2 Å². The fourth-order valence-electron chi connectivity index (χ4n) is 2.90. The first-order valence-corrected chi connectivity index (χ1v) is 8.08. The second-order valence-electron chi connectivity index (χ2n) is 6.59. The number of aryl methyl sites for hydroxylation is 2. The topological polar surface area (TPSA) is 45.6 Å². The summed E-state index contributed by atoms with van der Waals surface area (Å²) in [6, 6.07) is 12.1. The summed E-state index contributed by atoms with van der Waals surface area (Å²) in [6.07, 6.45) is 2.65. The van der Waals surface area contributed by atoms with Gasteiger partial charge >= 0.3 is 0 Å². The van der Waals surface area contributed by atoms with Crippen molar-refractivity contribution < 1.29 is 9.84 Å². The third-order valence-corrected chi connectivity index (χ3v) is 4.32. The molecule has 1 fully saturated rings. The lowest BCUT2D eigenvalue weighted by Crippen LogP contribution is -2.39. The molecule has 1 N–H and O–H groups in total. The van der Waals surface area contributed by atoms with Gasteiger partial charge in [-0.15, -0.1) is 0 Å². The summed E-state index contributed by atoms with van der Waals surface area (Å²) in [7, 11) is 0. The zero-order valence-electron chi connectivity index (χ0n) is 13.8. The first-order valence-electron chi connectivity index (χ1n) is 8.08. The fourth-order valence-corrected chi connectivity index (χ4v) is 2.90. The molecule has 0 saturated carbocycles. The van der Waals surface area contributed by atoms with Crippen LogP contribution in [0.15, 0.2) is 42.6 Å². The number of aliphatic hydroxyl groups is 1. The normalized spacial score (nSPS) is 21.5. The van der Waals surface area contributed by atoms with Gasteiger partial charge < -0.3 is 9.84 Å². The molecule has 1 aromatic carbocycles. The molecule has 4 heteroatoms. The van der Waals surface area contributed by atoms with E-state index in [0.29, 0.717) is 13.2 Å². The molecule has 2 aromatic rings. The Hall–Kier alpha value is -1.91. The van der Waals surface area contributed by atoms with Gasteiger partial charge in [-0.3, -0.25) is 9.88 Å². The molecule has 4 nitrogen and oxygen atoms in total. The molecule has 0 spiro atoms. The van der Waals surface area contributed by atoms with Gasteiger partial charge in [0.2, 0.25) is 0 Å². The molecule has 2 heterocycles. The highest BCUT2D eigenvalue weighted by molar-refractivity contribution is 5.26. The van der Waals surface area contributed by atoms with Crippen LogP contribution in [-0.2, 0) is 6.54 Å². The number of hydrogen-bond acceptors (Lipinski definition) is 4. The molecular formula is C19H24N2O2. The summed E-state index contributed by atoms with van der Waals surface area (Å²) in [5.74, 6) is 0.810. The molecule has 1 aromatic heterocycles. The second-order valence-corrected chi connectivity index (χ2v) is 6.59. The van der Waals surface area contributed by atoms with Crippen molar-refractivity contribution in [3.05, 3.63) is 59.4 Å². The van der Waals surface area contributed by atoms with Crippen LogP contribution in [-0.4, -0.2) is 40.3 Å². The van der Waals surface area contributed by atoms with Crippen molar-refractivity contribution in [2.45, 2.75) is 32.4 Å². The molecule has 23 heavy (non-hydrogen) atoms. The maximum absolute atomic E-state index is 10.7. The van der Waals surface area contributed by atoms with Gasteiger partial charge in [-0.2, -0.15) is 0 Å². The number of ether oxygens (including phenoxy) is 1. The minimum Gasteiger partial charge on any atom is -0.491 e. The van der Waals surface area contributed by atoms with Crippen molar-refractivity contribution in [1.82, 2.24) is 9.88 Å². The van der Waals surface area contributed by atoms with Crippen molar-refractivity contribution >= 4 is 0 Å². The molecule has 3 rings (SSSR count). The third-order valence-electron chi connectivity index (χ3n) is 4.32. The van der Waals surface area contributed by atoms with Gasteiger partial charge in [0.05, 0.1) is 0 Å². The minimum absolute atomic E-state index is 0.332. The van der Waals surface area contributed by atoms with E-state index in [1.165, 1.54) is 11.1 Å². The van der Waals surface area contributed by atoms with Crippen molar-refractivity contribution in [1.29, 1.82) is 0 Å². The second kappa shape index (κ2) is 6.69. The highest BCUT2D eigenvalue weighted by Crippen LogP contribution is 2.24. The summed E-state index contributed by atoms with van der Waals surface area (Å²) in [5.41, 5.74) is 2.63. The average molecular weight is 312 g/mol. The van der Waals surface area contributed by atoms with Crippen molar-refractivity contribution in [2.24, 2.45) is 0 Å². The van der Waals surface area contributed by atoms with E-state index in [2.05, 4.69) is 16.0 Å². The van der Waals surface area contributed by atoms with E-state index in [1.54, 1.807) is 0 Å². The zero-order valence-corrected chi connectivity index (χ0v) is 13.8. The predicted octanol–water partition coefficient (Wildman–Crippen LogP) is 2.71. The van der Waals surface area contributed by atoms with E-state index >= 15 is 0 Å². The highest BCUT2D eigenvalue weighted by Gasteiger charge is 2.36. The summed E-state index contributed by atoms with van der Waals surface area (Å²) >= 11 is 0. The van der Waals surface area contributed by atoms with Crippen molar-refractivity contribution in [2.75, 3.05) is 19.7 Å². The summed E-state index contributed by atoms with van der Waals surface area (Å²) in [5, 5.41) is 10.7. The van der Waals surface area contributed by atoms with Crippen LogP contribution in [0.4, 0.5) is 0 Å². The Bertz CT molecular complexity index is 639. The molecule has 1 aliphatic heterocycles. The van der Waals surface area contributed by atoms with Gasteiger partial charge in [-0.05, 0) is 44.0 Å². The van der Waals surface area contributed by atoms with Gasteiger partial charge in [-0.1, -0.05) is 23.8 Å². The SMILES string of the molecule is Cc1ccc(OC[C@]2(O)CCN(Cc3ccc(C)nc3)C2)cc1. The van der Waals surface area contributed by atoms with Crippen LogP contribution in [0.25, 0.3) is 0 Å². The van der Waals surface area contributed by atoms with Crippen LogP contribution >= 0.6 is 0 Å². The smallest absolute Gasteiger partial charge is 0.119 e. The van der Waals surface area contributed by atoms with E-state index in [1.807, 2.05) is 50.4 Å². The molecule has 0 aliphatic carbocycles. The number of likely N-dealkylation sites (tertiary alicyclic amines) is 1. The Morgan fingerprint density at radius 3 is 2.65 bits per heavy atom. The minimum atomic E-state index is -0.775. The lowest BCUT2D eigenvalue weighted by Gasteiger charge is -2.23. The van der Waals surface area contributed by atoms with E-state index in [9.17, 15) is 5.11 Å². The van der Waals surface area contributed by atoms with Crippen LogP contribution in [0.3, 0.4) is 0 Å². The fraction of sp³-hybridized carbons (Fsp3) is 0.421. The molecule has 1 aliphatic rings. The highest BCUT2D eigenvalue weighted by atomic mass is 16.5. The Labute approximate surface area is 137 Å². The van der Waals surface area contributed by atoms with E-state index < -0.39 is 5.60 Å². The predicted molar refractivity (Wildman–Crippen MR) is 90.5 cm³/mol. The van der Waals surface area contributed by atoms with E-state index in [0.717, 1.165) is 31.0 Å². The van der Waals surface area contributed by atoms with Gasteiger partial charge in [0.25, 0.3) is 0 Å². The van der Waals surface area contributed by atoms with Crippen LogP contribution in [0.2, 0.25) is 0 Å². The number of rotatable bonds is 5. The average Bonchev–Trinajstić information content (AvgIpc) is 2.91. The van der Waals surface area contributed by atoms with Crippen molar-refractivity contribution in [3.63, 3.8) is 0 Å². The summed E-state index contributed by atoms with van der Waals surface area (Å²) in [6.45, 7) is 6.69. The van der Waals surface area contributed by atoms with Crippen LogP contribution < -0.4 is 4.74 Å². The first kappa shape index (κ1) is 16.0. The number of β-amino-alcohol motifs (C(OH)–C–C–N with tert-alkyl or cyclic N) is 1. The summed E-state index contributed by atoms with van der Waals surface area (Å²) in [4.78, 5) is 6.58. The van der Waals surface area contributed by atoms with Gasteiger partial charge in [0.15, 0.2) is 0 Å². The summed E-state index contributed by atoms with van der Waals surface area (Å²) < 4.78 is 5.77. The lowest BCUT2D eigenvalue weighted by molar-refractivity contribution is 0.00337. The number of nitrogens with zero attached hydrogens (tertiary/aromatic N) is 2. The third kappa shape index (κ3) is 4.30. The Kier molecular flexibility index (Phi) is 4.64. The van der Waals surface area contributed by atoms with Gasteiger partial charge in [-0.25, -0.2) is 0 Å². The molecule has 0 bridgehead atoms. The Morgan fingerprint density at radius 2 is 1.96 bits per heavy atom. The molecule has 0 amide bonds. The Morgan fingerprint density at radius 1 is 1.17 bits per heavy atom. The number of benzene rings is 1. The van der Waals surface area contributed by atoms with Crippen LogP contribution in [0.5, 0.6) is 5.75 Å². The van der Waals surface area contributed by atoms with Gasteiger partial charge in [0, 0.05) is 31.5 Å². The quantitative estimate of drug-likeness (QED) is 0.922. The lowest BCUT2D eigenvalue weighted by atomic mass is 10.1. The largest absolute Gasteiger partial charge is 0.491 e. The maximum atomic E-state index is 10.7. The monoisotopic (exact) mass is 312 g/mol. The zero-order chi connectivity index (χ0) is 16.3. The van der Waals surface area contributed by atoms with Gasteiger partial charge in [0.1, 0.15) is 18.0 Å². The van der Waals surface area contributed by atoms with Crippen molar-refractivity contribution in [3.8, 4) is 5.75 Å². The molecule has 1 saturated heterocycles. The number of pyridine rings is 1. The maximum Gasteiger partial charge on any atom is 0.119 e.